The van der Waals surface area contributed by atoms with Gasteiger partial charge in [0.05, 0.1) is 0 Å². The van der Waals surface area contributed by atoms with Crippen molar-refractivity contribution in [2.45, 2.75) is 39.2 Å². The molecule has 21 heavy (non-hydrogen) atoms. The molecule has 1 atom stereocenters. The Balaban J connectivity index is 2.00. The van der Waals surface area contributed by atoms with E-state index in [9.17, 15) is 8.78 Å². The summed E-state index contributed by atoms with van der Waals surface area (Å²) in [7, 11) is 0. The Hall–Kier alpha value is -1.43. The largest absolute Gasteiger partial charge is 0.368 e. The van der Waals surface area contributed by atoms with Crippen LogP contribution in [0.25, 0.3) is 0 Å². The normalized spacial score (nSPS) is 17.0. The summed E-state index contributed by atoms with van der Waals surface area (Å²) in [6.07, 6.45) is 3.30. The van der Waals surface area contributed by atoms with Gasteiger partial charge in [-0.2, -0.15) is 0 Å². The number of anilines is 2. The lowest BCUT2D eigenvalue weighted by Gasteiger charge is -2.22. The summed E-state index contributed by atoms with van der Waals surface area (Å²) in [5.41, 5.74) is 0. The van der Waals surface area contributed by atoms with Crippen molar-refractivity contribution < 1.29 is 8.78 Å². The maximum absolute atomic E-state index is 13.8. The van der Waals surface area contributed by atoms with Crippen LogP contribution in [-0.4, -0.2) is 42.1 Å². The quantitative estimate of drug-likeness (QED) is 0.811. The van der Waals surface area contributed by atoms with Gasteiger partial charge < -0.3 is 15.5 Å². The standard InChI is InChI=1S/C15H24F2N4/c1-3-6-18-14-12(16)9-13(17)15(20-14)19-11(2)10-21-7-4-5-8-21/h9,11H,3-8,10H2,1-2H3,(H2,18,19,20). The van der Waals surface area contributed by atoms with E-state index in [1.165, 1.54) is 12.8 Å². The Kier molecular flexibility index (Phi) is 5.73. The van der Waals surface area contributed by atoms with E-state index < -0.39 is 11.6 Å². The highest BCUT2D eigenvalue weighted by atomic mass is 19.1. The van der Waals surface area contributed by atoms with Crippen molar-refractivity contribution in [1.29, 1.82) is 0 Å². The van der Waals surface area contributed by atoms with Crippen LogP contribution in [-0.2, 0) is 0 Å². The monoisotopic (exact) mass is 298 g/mol. The number of nitrogens with zero attached hydrogens (tertiary/aromatic N) is 2. The molecule has 0 aliphatic carbocycles. The van der Waals surface area contributed by atoms with Crippen molar-refractivity contribution in [3.05, 3.63) is 17.7 Å². The van der Waals surface area contributed by atoms with E-state index in [2.05, 4.69) is 20.5 Å². The molecule has 1 aliphatic heterocycles. The van der Waals surface area contributed by atoms with Crippen molar-refractivity contribution in [2.75, 3.05) is 36.8 Å². The van der Waals surface area contributed by atoms with Gasteiger partial charge in [-0.15, -0.1) is 0 Å². The number of rotatable bonds is 7. The molecule has 1 aromatic heterocycles. The van der Waals surface area contributed by atoms with Gasteiger partial charge in [0.2, 0.25) is 0 Å². The molecule has 0 bridgehead atoms. The van der Waals surface area contributed by atoms with Crippen LogP contribution in [0.4, 0.5) is 20.4 Å². The molecule has 0 aromatic carbocycles. The number of likely N-dealkylation sites (tertiary alicyclic amines) is 1. The SMILES string of the molecule is CCCNc1nc(NC(C)CN2CCCC2)c(F)cc1F. The predicted octanol–water partition coefficient (Wildman–Crippen LogP) is 3.08. The van der Waals surface area contributed by atoms with Gasteiger partial charge in [-0.05, 0) is 39.3 Å². The third kappa shape index (κ3) is 4.52. The first-order valence-electron chi connectivity index (χ1n) is 7.69. The molecule has 6 heteroatoms. The molecule has 0 radical (unpaired) electrons. The zero-order chi connectivity index (χ0) is 15.2. The van der Waals surface area contributed by atoms with Crippen LogP contribution in [0.3, 0.4) is 0 Å². The van der Waals surface area contributed by atoms with Gasteiger partial charge in [0, 0.05) is 25.2 Å². The molecule has 0 amide bonds. The Morgan fingerprint density at radius 2 is 1.90 bits per heavy atom. The average molecular weight is 298 g/mol. The van der Waals surface area contributed by atoms with Crippen LogP contribution in [0.2, 0.25) is 0 Å². The Labute approximate surface area is 124 Å². The molecule has 118 valence electrons. The van der Waals surface area contributed by atoms with Gasteiger partial charge in [-0.3, -0.25) is 0 Å². The first-order valence-corrected chi connectivity index (χ1v) is 7.69. The molecule has 2 N–H and O–H groups in total. The van der Waals surface area contributed by atoms with E-state index in [-0.39, 0.29) is 17.7 Å². The molecule has 2 rings (SSSR count). The Morgan fingerprint density at radius 1 is 1.24 bits per heavy atom. The van der Waals surface area contributed by atoms with Crippen LogP contribution in [0.5, 0.6) is 0 Å². The predicted molar refractivity (Wildman–Crippen MR) is 81.7 cm³/mol. The summed E-state index contributed by atoms with van der Waals surface area (Å²) in [5.74, 6) is -1.09. The smallest absolute Gasteiger partial charge is 0.168 e. The van der Waals surface area contributed by atoms with Gasteiger partial charge in [0.25, 0.3) is 0 Å². The van der Waals surface area contributed by atoms with Gasteiger partial charge in [0.1, 0.15) is 0 Å². The van der Waals surface area contributed by atoms with Crippen molar-refractivity contribution in [3.63, 3.8) is 0 Å². The van der Waals surface area contributed by atoms with Crippen molar-refractivity contribution in [1.82, 2.24) is 9.88 Å². The van der Waals surface area contributed by atoms with Crippen molar-refractivity contribution >= 4 is 11.6 Å². The van der Waals surface area contributed by atoms with Crippen molar-refractivity contribution in [3.8, 4) is 0 Å². The molecule has 1 aliphatic rings. The second kappa shape index (κ2) is 7.54. The Bertz CT molecular complexity index is 461. The number of nitrogens with one attached hydrogen (secondary N) is 2. The molecular weight excluding hydrogens is 274 g/mol. The maximum atomic E-state index is 13.8. The van der Waals surface area contributed by atoms with E-state index in [1.807, 2.05) is 13.8 Å². The fourth-order valence-corrected chi connectivity index (χ4v) is 2.57. The van der Waals surface area contributed by atoms with Gasteiger partial charge in [-0.1, -0.05) is 6.92 Å². The highest BCUT2D eigenvalue weighted by Crippen LogP contribution is 2.20. The third-order valence-electron chi connectivity index (χ3n) is 3.59. The molecule has 1 saturated heterocycles. The summed E-state index contributed by atoms with van der Waals surface area (Å²) in [4.78, 5) is 6.38. The van der Waals surface area contributed by atoms with Gasteiger partial charge in [-0.25, -0.2) is 13.8 Å². The molecule has 1 fully saturated rings. The maximum Gasteiger partial charge on any atom is 0.168 e. The zero-order valence-electron chi connectivity index (χ0n) is 12.8. The molecule has 0 saturated carbocycles. The zero-order valence-corrected chi connectivity index (χ0v) is 12.8. The summed E-state index contributed by atoms with van der Waals surface area (Å²) in [5, 5.41) is 5.92. The molecule has 1 aromatic rings. The Morgan fingerprint density at radius 3 is 2.57 bits per heavy atom. The lowest BCUT2D eigenvalue weighted by molar-refractivity contribution is 0.327. The minimum Gasteiger partial charge on any atom is -0.368 e. The molecule has 2 heterocycles. The molecule has 4 nitrogen and oxygen atoms in total. The summed E-state index contributed by atoms with van der Waals surface area (Å²) >= 11 is 0. The summed E-state index contributed by atoms with van der Waals surface area (Å²) < 4.78 is 27.4. The number of hydrogen-bond donors (Lipinski definition) is 2. The van der Waals surface area contributed by atoms with Gasteiger partial charge in [0.15, 0.2) is 23.3 Å². The molecule has 1 unspecified atom stereocenters. The summed E-state index contributed by atoms with van der Waals surface area (Å²) in [6, 6.07) is 0.949. The van der Waals surface area contributed by atoms with Crippen LogP contribution in [0, 0.1) is 11.6 Å². The number of pyridine rings is 1. The topological polar surface area (TPSA) is 40.2 Å². The van der Waals surface area contributed by atoms with Crippen LogP contribution < -0.4 is 10.6 Å². The first-order chi connectivity index (χ1) is 10.1. The second-order valence-corrected chi connectivity index (χ2v) is 5.63. The molecule has 0 spiro atoms. The average Bonchev–Trinajstić information content (AvgIpc) is 2.93. The number of aromatic nitrogens is 1. The van der Waals surface area contributed by atoms with Gasteiger partial charge >= 0.3 is 0 Å². The highest BCUT2D eigenvalue weighted by Gasteiger charge is 2.17. The van der Waals surface area contributed by atoms with E-state index >= 15 is 0 Å². The van der Waals surface area contributed by atoms with Crippen LogP contribution >= 0.6 is 0 Å². The lowest BCUT2D eigenvalue weighted by Crippen LogP contribution is -2.33. The fourth-order valence-electron chi connectivity index (χ4n) is 2.57. The van der Waals surface area contributed by atoms with Crippen LogP contribution in [0.15, 0.2) is 6.07 Å². The lowest BCUT2D eigenvalue weighted by atomic mass is 10.3. The summed E-state index contributed by atoms with van der Waals surface area (Å²) in [6.45, 7) is 7.60. The van der Waals surface area contributed by atoms with E-state index in [0.29, 0.717) is 6.54 Å². The van der Waals surface area contributed by atoms with E-state index in [0.717, 1.165) is 32.1 Å². The second-order valence-electron chi connectivity index (χ2n) is 5.63. The number of hydrogen-bond acceptors (Lipinski definition) is 4. The number of halogens is 2. The van der Waals surface area contributed by atoms with E-state index in [1.54, 1.807) is 0 Å². The minimum absolute atomic E-state index is 0.0644. The van der Waals surface area contributed by atoms with Crippen LogP contribution in [0.1, 0.15) is 33.1 Å². The third-order valence-corrected chi connectivity index (χ3v) is 3.59. The minimum atomic E-state index is -0.654. The van der Waals surface area contributed by atoms with E-state index in [4.69, 9.17) is 0 Å². The molecular formula is C15H24F2N4. The van der Waals surface area contributed by atoms with Crippen molar-refractivity contribution in [2.24, 2.45) is 0 Å². The first kappa shape index (κ1) is 15.9. The highest BCUT2D eigenvalue weighted by molar-refractivity contribution is 5.48. The fraction of sp³-hybridized carbons (Fsp3) is 0.667.